The summed E-state index contributed by atoms with van der Waals surface area (Å²) in [4.78, 5) is 24.2. The van der Waals surface area contributed by atoms with E-state index in [4.69, 9.17) is 0 Å². The van der Waals surface area contributed by atoms with Crippen molar-refractivity contribution in [2.24, 2.45) is 0 Å². The summed E-state index contributed by atoms with van der Waals surface area (Å²) in [7, 11) is -3.93. The Labute approximate surface area is 169 Å². The van der Waals surface area contributed by atoms with E-state index >= 15 is 0 Å². The monoisotopic (exact) mass is 441 g/mol. The number of anilines is 2. The van der Waals surface area contributed by atoms with E-state index in [1.54, 1.807) is 22.8 Å². The summed E-state index contributed by atoms with van der Waals surface area (Å²) in [6.07, 6.45) is 0.860. The van der Waals surface area contributed by atoms with Crippen LogP contribution in [0.4, 0.5) is 20.2 Å². The average molecular weight is 441 g/mol. The van der Waals surface area contributed by atoms with Crippen LogP contribution in [0.3, 0.4) is 0 Å². The van der Waals surface area contributed by atoms with Crippen molar-refractivity contribution >= 4 is 48.9 Å². The molecule has 0 bridgehead atoms. The van der Waals surface area contributed by atoms with E-state index in [0.717, 1.165) is 35.2 Å². The number of hydrogen-bond donors (Lipinski definition) is 1. The normalized spacial score (nSPS) is 11.6. The maximum Gasteiger partial charge on any atom is 0.308 e. The third-order valence-corrected chi connectivity index (χ3v) is 6.23. The van der Waals surface area contributed by atoms with Crippen LogP contribution in [0, 0.1) is 11.6 Å². The lowest BCUT2D eigenvalue weighted by Gasteiger charge is -2.22. The number of thiazole rings is 1. The molecule has 1 heterocycles. The van der Waals surface area contributed by atoms with Gasteiger partial charge in [0.15, 0.2) is 11.6 Å². The number of hydrogen-bond acceptors (Lipinski definition) is 5. The number of benzene rings is 2. The van der Waals surface area contributed by atoms with Crippen LogP contribution < -0.4 is 14.5 Å². The van der Waals surface area contributed by atoms with Crippen molar-refractivity contribution in [3.63, 3.8) is 0 Å². The Morgan fingerprint density at radius 2 is 1.90 bits per heavy atom. The van der Waals surface area contributed by atoms with Gasteiger partial charge in [-0.2, -0.15) is 0 Å². The number of carbonyl (C=O) groups excluding carboxylic acids is 1. The van der Waals surface area contributed by atoms with Crippen molar-refractivity contribution in [1.82, 2.24) is 4.57 Å². The molecule has 0 saturated carbocycles. The van der Waals surface area contributed by atoms with Crippen molar-refractivity contribution < 1.29 is 22.0 Å². The van der Waals surface area contributed by atoms with E-state index in [-0.39, 0.29) is 10.6 Å². The van der Waals surface area contributed by atoms with Crippen LogP contribution >= 0.6 is 11.3 Å². The highest BCUT2D eigenvalue weighted by molar-refractivity contribution is 7.92. The Balaban J connectivity index is 1.84. The van der Waals surface area contributed by atoms with Gasteiger partial charge in [0, 0.05) is 18.3 Å². The molecule has 2 aromatic carbocycles. The van der Waals surface area contributed by atoms with Crippen LogP contribution in [0.25, 0.3) is 10.2 Å². The SMILES string of the molecule is CCn1c(=O)sc2cc(NC(=O)CN(c3ccc(F)c(F)c3)S(C)(=O)=O)ccc21. The lowest BCUT2D eigenvalue weighted by atomic mass is 10.3. The van der Waals surface area contributed by atoms with Gasteiger partial charge in [0.1, 0.15) is 6.54 Å². The second kappa shape index (κ2) is 7.91. The van der Waals surface area contributed by atoms with Crippen LogP contribution in [0.5, 0.6) is 0 Å². The maximum atomic E-state index is 13.5. The molecule has 3 rings (SSSR count). The fraction of sp³-hybridized carbons (Fsp3) is 0.222. The van der Waals surface area contributed by atoms with Crippen LogP contribution in [0.1, 0.15) is 6.92 Å². The molecule has 1 aromatic heterocycles. The first-order valence-corrected chi connectivity index (χ1v) is 11.1. The molecule has 0 saturated heterocycles. The molecule has 0 aliphatic rings. The first-order valence-electron chi connectivity index (χ1n) is 8.46. The molecule has 0 radical (unpaired) electrons. The lowest BCUT2D eigenvalue weighted by Crippen LogP contribution is -2.37. The van der Waals surface area contributed by atoms with Gasteiger partial charge in [0.2, 0.25) is 15.9 Å². The molecular formula is C18H17F2N3O4S2. The number of amides is 1. The summed E-state index contributed by atoms with van der Waals surface area (Å²) in [5.41, 5.74) is 0.945. The van der Waals surface area contributed by atoms with Crippen LogP contribution in [-0.2, 0) is 21.4 Å². The highest BCUT2D eigenvalue weighted by atomic mass is 32.2. The highest BCUT2D eigenvalue weighted by Crippen LogP contribution is 2.23. The maximum absolute atomic E-state index is 13.5. The van der Waals surface area contributed by atoms with Crippen molar-refractivity contribution in [3.8, 4) is 0 Å². The largest absolute Gasteiger partial charge is 0.324 e. The van der Waals surface area contributed by atoms with Gasteiger partial charge >= 0.3 is 4.87 Å². The van der Waals surface area contributed by atoms with Crippen LogP contribution in [0.15, 0.2) is 41.2 Å². The van der Waals surface area contributed by atoms with E-state index in [1.807, 2.05) is 6.92 Å². The third kappa shape index (κ3) is 4.46. The van der Waals surface area contributed by atoms with Crippen LogP contribution in [0.2, 0.25) is 0 Å². The molecule has 0 atom stereocenters. The molecule has 1 amide bonds. The van der Waals surface area contributed by atoms with E-state index in [2.05, 4.69) is 5.32 Å². The number of rotatable bonds is 6. The molecule has 7 nitrogen and oxygen atoms in total. The molecule has 29 heavy (non-hydrogen) atoms. The van der Waals surface area contributed by atoms with Gasteiger partial charge < -0.3 is 5.32 Å². The minimum atomic E-state index is -3.93. The van der Waals surface area contributed by atoms with Gasteiger partial charge in [-0.3, -0.25) is 18.5 Å². The number of fused-ring (bicyclic) bond motifs is 1. The summed E-state index contributed by atoms with van der Waals surface area (Å²) in [5, 5.41) is 2.56. The number of aromatic nitrogens is 1. The van der Waals surface area contributed by atoms with Gasteiger partial charge in [0.05, 0.1) is 22.2 Å². The Hall–Kier alpha value is -2.79. The average Bonchev–Trinajstić information content (AvgIpc) is 2.95. The fourth-order valence-electron chi connectivity index (χ4n) is 2.81. The lowest BCUT2D eigenvalue weighted by molar-refractivity contribution is -0.114. The smallest absolute Gasteiger partial charge is 0.308 e. The van der Waals surface area contributed by atoms with Crippen molar-refractivity contribution in [2.75, 3.05) is 22.4 Å². The van der Waals surface area contributed by atoms with E-state index < -0.39 is 34.1 Å². The quantitative estimate of drug-likeness (QED) is 0.637. The number of carbonyl (C=O) groups is 1. The Morgan fingerprint density at radius 3 is 2.52 bits per heavy atom. The molecule has 0 unspecified atom stereocenters. The molecular weight excluding hydrogens is 424 g/mol. The van der Waals surface area contributed by atoms with Gasteiger partial charge in [0.25, 0.3) is 0 Å². The second-order valence-corrected chi connectivity index (χ2v) is 9.11. The zero-order valence-corrected chi connectivity index (χ0v) is 17.1. The van der Waals surface area contributed by atoms with Crippen molar-refractivity contribution in [1.29, 1.82) is 0 Å². The first kappa shape index (κ1) is 20.9. The fourth-order valence-corrected chi connectivity index (χ4v) is 4.66. The number of sulfonamides is 1. The molecule has 0 aliphatic carbocycles. The summed E-state index contributed by atoms with van der Waals surface area (Å²) in [5.74, 6) is -3.03. The molecule has 0 fully saturated rings. The third-order valence-electron chi connectivity index (χ3n) is 4.15. The minimum absolute atomic E-state index is 0.118. The zero-order valence-electron chi connectivity index (χ0n) is 15.5. The highest BCUT2D eigenvalue weighted by Gasteiger charge is 2.22. The number of nitrogens with one attached hydrogen (secondary N) is 1. The van der Waals surface area contributed by atoms with E-state index in [1.165, 1.54) is 0 Å². The van der Waals surface area contributed by atoms with Crippen molar-refractivity contribution in [2.45, 2.75) is 13.5 Å². The number of aryl methyl sites for hydroxylation is 1. The molecule has 1 N–H and O–H groups in total. The molecule has 0 spiro atoms. The molecule has 3 aromatic rings. The standard InChI is InChI=1S/C18H17F2N3O4S2/c1-3-22-15-7-4-11(8-16(15)28-18(22)25)21-17(24)10-23(29(2,26)27)12-5-6-13(19)14(20)9-12/h4-9H,3,10H2,1-2H3,(H,21,24). The Morgan fingerprint density at radius 1 is 1.17 bits per heavy atom. The summed E-state index contributed by atoms with van der Waals surface area (Å²) < 4.78 is 53.7. The molecule has 11 heteroatoms. The predicted molar refractivity (Wildman–Crippen MR) is 109 cm³/mol. The Bertz CT molecular complexity index is 1250. The summed E-state index contributed by atoms with van der Waals surface area (Å²) in [6, 6.07) is 7.48. The van der Waals surface area contributed by atoms with Gasteiger partial charge in [-0.05, 0) is 37.3 Å². The van der Waals surface area contributed by atoms with Gasteiger partial charge in [-0.1, -0.05) is 11.3 Å². The Kier molecular flexibility index (Phi) is 5.71. The number of halogens is 2. The summed E-state index contributed by atoms with van der Waals surface area (Å²) >= 11 is 1.04. The topological polar surface area (TPSA) is 88.5 Å². The van der Waals surface area contributed by atoms with Crippen LogP contribution in [-0.4, -0.2) is 31.7 Å². The predicted octanol–water partition coefficient (Wildman–Crippen LogP) is 2.77. The van der Waals surface area contributed by atoms with Crippen molar-refractivity contribution in [3.05, 3.63) is 57.7 Å². The zero-order chi connectivity index (χ0) is 21.3. The molecule has 0 aliphatic heterocycles. The van der Waals surface area contributed by atoms with E-state index in [9.17, 15) is 26.8 Å². The second-order valence-electron chi connectivity index (χ2n) is 6.21. The summed E-state index contributed by atoms with van der Waals surface area (Å²) in [6.45, 7) is 1.73. The van der Waals surface area contributed by atoms with E-state index in [0.29, 0.717) is 27.3 Å². The van der Waals surface area contributed by atoms with Gasteiger partial charge in [-0.25, -0.2) is 17.2 Å². The molecule has 154 valence electrons. The minimum Gasteiger partial charge on any atom is -0.324 e. The first-order chi connectivity index (χ1) is 13.6. The van der Waals surface area contributed by atoms with Gasteiger partial charge in [-0.15, -0.1) is 0 Å². The number of nitrogens with zero attached hydrogens (tertiary/aromatic N) is 2.